The summed E-state index contributed by atoms with van der Waals surface area (Å²) in [6, 6.07) is 9.89. The lowest BCUT2D eigenvalue weighted by molar-refractivity contribution is -0.118. The molecule has 1 saturated carbocycles. The summed E-state index contributed by atoms with van der Waals surface area (Å²) >= 11 is 0. The first-order valence-corrected chi connectivity index (χ1v) is 6.38. The number of carbonyl (C=O) groups excluding carboxylic acids is 1. The maximum Gasteiger partial charge on any atom is 0.133 e. The lowest BCUT2D eigenvalue weighted by atomic mass is 9.84. The lowest BCUT2D eigenvalue weighted by Gasteiger charge is -2.22. The maximum atomic E-state index is 11.3. The average molecular weight is 232 g/mol. The largest absolute Gasteiger partial charge is 0.494 e. The maximum absolute atomic E-state index is 11.3. The van der Waals surface area contributed by atoms with Crippen molar-refractivity contribution in [1.82, 2.24) is 0 Å². The molecule has 2 nitrogen and oxygen atoms in total. The van der Waals surface area contributed by atoms with Crippen LogP contribution in [0.1, 0.15) is 39.0 Å². The van der Waals surface area contributed by atoms with Crippen LogP contribution in [0.4, 0.5) is 0 Å². The number of Topliss-reactive ketones (excluding diaryl/α,β-unsaturated/α-hetero) is 1. The summed E-state index contributed by atoms with van der Waals surface area (Å²) in [6.45, 7) is 2.97. The van der Waals surface area contributed by atoms with E-state index in [1.165, 1.54) is 0 Å². The predicted molar refractivity (Wildman–Crippen MR) is 68.1 cm³/mol. The molecule has 0 bridgehead atoms. The summed E-state index contributed by atoms with van der Waals surface area (Å²) in [7, 11) is 0. The number of hydrogen-bond acceptors (Lipinski definition) is 2. The first-order valence-electron chi connectivity index (χ1n) is 6.38. The molecule has 0 aliphatic heterocycles. The van der Waals surface area contributed by atoms with Crippen molar-refractivity contribution < 1.29 is 9.53 Å². The first-order chi connectivity index (χ1) is 8.18. The molecule has 1 fully saturated rings. The van der Waals surface area contributed by atoms with Crippen LogP contribution in [0.2, 0.25) is 0 Å². The van der Waals surface area contributed by atoms with Crippen molar-refractivity contribution >= 4 is 5.78 Å². The van der Waals surface area contributed by atoms with Crippen LogP contribution in [0.25, 0.3) is 0 Å². The molecule has 1 aromatic rings. The Balaban J connectivity index is 1.68. The SMILES string of the molecule is CC1(CCCOc2ccccc2)CCC(=O)C1. The Morgan fingerprint density at radius 2 is 2.06 bits per heavy atom. The van der Waals surface area contributed by atoms with Gasteiger partial charge in [-0.3, -0.25) is 4.79 Å². The molecule has 0 aromatic heterocycles. The van der Waals surface area contributed by atoms with Crippen LogP contribution >= 0.6 is 0 Å². The predicted octanol–water partition coefficient (Wildman–Crippen LogP) is 3.60. The van der Waals surface area contributed by atoms with Crippen LogP contribution < -0.4 is 4.74 Å². The highest BCUT2D eigenvalue weighted by molar-refractivity contribution is 5.81. The highest BCUT2D eigenvalue weighted by Gasteiger charge is 2.33. The van der Waals surface area contributed by atoms with Crippen molar-refractivity contribution in [2.45, 2.75) is 39.0 Å². The lowest BCUT2D eigenvalue weighted by Crippen LogP contribution is -2.13. The molecule has 2 heteroatoms. The first kappa shape index (κ1) is 12.2. The van der Waals surface area contributed by atoms with E-state index in [1.54, 1.807) is 0 Å². The molecule has 1 aliphatic carbocycles. The van der Waals surface area contributed by atoms with E-state index in [0.29, 0.717) is 5.78 Å². The van der Waals surface area contributed by atoms with Gasteiger partial charge in [-0.15, -0.1) is 0 Å². The third kappa shape index (κ3) is 3.58. The van der Waals surface area contributed by atoms with E-state index in [4.69, 9.17) is 4.74 Å². The van der Waals surface area contributed by atoms with Gasteiger partial charge in [-0.05, 0) is 36.8 Å². The van der Waals surface area contributed by atoms with Gasteiger partial charge in [0, 0.05) is 12.8 Å². The fourth-order valence-electron chi connectivity index (χ4n) is 2.51. The molecule has 1 unspecified atom stereocenters. The van der Waals surface area contributed by atoms with Gasteiger partial charge in [-0.25, -0.2) is 0 Å². The van der Waals surface area contributed by atoms with Crippen molar-refractivity contribution in [3.8, 4) is 5.75 Å². The van der Waals surface area contributed by atoms with Gasteiger partial charge in [0.2, 0.25) is 0 Å². The number of ether oxygens (including phenoxy) is 1. The molecule has 0 saturated heterocycles. The number of para-hydroxylation sites is 1. The van der Waals surface area contributed by atoms with Crippen LogP contribution in [0, 0.1) is 5.41 Å². The zero-order chi connectivity index (χ0) is 12.1. The molecule has 17 heavy (non-hydrogen) atoms. The molecular weight excluding hydrogens is 212 g/mol. The summed E-state index contributed by atoms with van der Waals surface area (Å²) in [5.74, 6) is 1.36. The number of hydrogen-bond donors (Lipinski definition) is 0. The number of rotatable bonds is 5. The van der Waals surface area contributed by atoms with E-state index in [1.807, 2.05) is 30.3 Å². The second-order valence-corrected chi connectivity index (χ2v) is 5.29. The Morgan fingerprint density at radius 1 is 1.29 bits per heavy atom. The van der Waals surface area contributed by atoms with Gasteiger partial charge in [0.25, 0.3) is 0 Å². The Labute approximate surface area is 103 Å². The van der Waals surface area contributed by atoms with Crippen LogP contribution in [-0.2, 0) is 4.79 Å². The molecule has 0 amide bonds. The summed E-state index contributed by atoms with van der Waals surface area (Å²) in [4.78, 5) is 11.3. The van der Waals surface area contributed by atoms with Crippen molar-refractivity contribution in [2.75, 3.05) is 6.61 Å². The average Bonchev–Trinajstić information content (AvgIpc) is 2.67. The van der Waals surface area contributed by atoms with Crippen LogP contribution in [0.3, 0.4) is 0 Å². The van der Waals surface area contributed by atoms with Crippen LogP contribution in [-0.4, -0.2) is 12.4 Å². The smallest absolute Gasteiger partial charge is 0.133 e. The van der Waals surface area contributed by atoms with Gasteiger partial charge < -0.3 is 4.74 Å². The van der Waals surface area contributed by atoms with Gasteiger partial charge in [0.1, 0.15) is 11.5 Å². The molecule has 1 atom stereocenters. The van der Waals surface area contributed by atoms with E-state index in [9.17, 15) is 4.79 Å². The summed E-state index contributed by atoms with van der Waals surface area (Å²) in [5, 5.41) is 0. The normalized spacial score (nSPS) is 23.9. The summed E-state index contributed by atoms with van der Waals surface area (Å²) < 4.78 is 5.65. The molecule has 0 spiro atoms. The van der Waals surface area contributed by atoms with Crippen molar-refractivity contribution in [2.24, 2.45) is 5.41 Å². The minimum atomic E-state index is 0.233. The fourth-order valence-corrected chi connectivity index (χ4v) is 2.51. The molecule has 2 rings (SSSR count). The van der Waals surface area contributed by atoms with Crippen molar-refractivity contribution in [3.63, 3.8) is 0 Å². The van der Waals surface area contributed by atoms with Gasteiger partial charge in [-0.2, -0.15) is 0 Å². The van der Waals surface area contributed by atoms with E-state index >= 15 is 0 Å². The number of carbonyl (C=O) groups is 1. The Hall–Kier alpha value is -1.31. The zero-order valence-corrected chi connectivity index (χ0v) is 10.4. The quantitative estimate of drug-likeness (QED) is 0.725. The molecule has 0 radical (unpaired) electrons. The Kier molecular flexibility index (Phi) is 3.82. The van der Waals surface area contributed by atoms with E-state index in [-0.39, 0.29) is 5.41 Å². The topological polar surface area (TPSA) is 26.3 Å². The van der Waals surface area contributed by atoms with E-state index in [0.717, 1.165) is 44.5 Å². The Bertz CT molecular complexity index is 372. The molecule has 0 N–H and O–H groups in total. The van der Waals surface area contributed by atoms with Gasteiger partial charge >= 0.3 is 0 Å². The molecule has 0 heterocycles. The summed E-state index contributed by atoms with van der Waals surface area (Å²) in [5.41, 5.74) is 0.233. The second-order valence-electron chi connectivity index (χ2n) is 5.29. The molecule has 1 aliphatic rings. The summed E-state index contributed by atoms with van der Waals surface area (Å²) in [6.07, 6.45) is 4.70. The fraction of sp³-hybridized carbons (Fsp3) is 0.533. The van der Waals surface area contributed by atoms with Crippen molar-refractivity contribution in [3.05, 3.63) is 30.3 Å². The van der Waals surface area contributed by atoms with Crippen LogP contribution in [0.5, 0.6) is 5.75 Å². The highest BCUT2D eigenvalue weighted by atomic mass is 16.5. The van der Waals surface area contributed by atoms with E-state index < -0.39 is 0 Å². The standard InChI is InChI=1S/C15H20O2/c1-15(10-8-13(16)12-15)9-5-11-17-14-6-3-2-4-7-14/h2-4,6-7H,5,8-12H2,1H3. The monoisotopic (exact) mass is 232 g/mol. The Morgan fingerprint density at radius 3 is 2.71 bits per heavy atom. The molecular formula is C15H20O2. The minimum Gasteiger partial charge on any atom is -0.494 e. The van der Waals surface area contributed by atoms with E-state index in [2.05, 4.69) is 6.92 Å². The molecule has 92 valence electrons. The van der Waals surface area contributed by atoms with Gasteiger partial charge in [-0.1, -0.05) is 25.1 Å². The van der Waals surface area contributed by atoms with Crippen molar-refractivity contribution in [1.29, 1.82) is 0 Å². The highest BCUT2D eigenvalue weighted by Crippen LogP contribution is 2.39. The second kappa shape index (κ2) is 5.35. The third-order valence-electron chi connectivity index (χ3n) is 3.57. The number of ketones is 1. The number of benzene rings is 1. The third-order valence-corrected chi connectivity index (χ3v) is 3.57. The van der Waals surface area contributed by atoms with Gasteiger partial charge in [0.15, 0.2) is 0 Å². The zero-order valence-electron chi connectivity index (χ0n) is 10.4. The minimum absolute atomic E-state index is 0.233. The van der Waals surface area contributed by atoms with Gasteiger partial charge in [0.05, 0.1) is 6.61 Å². The molecule has 1 aromatic carbocycles. The van der Waals surface area contributed by atoms with Crippen LogP contribution in [0.15, 0.2) is 30.3 Å².